The number of hydrogen-bond acceptors (Lipinski definition) is 23. The van der Waals surface area contributed by atoms with E-state index in [0.29, 0.717) is 32.1 Å². The molecule has 0 aromatic carbocycles. The lowest BCUT2D eigenvalue weighted by atomic mass is 9.41. The third kappa shape index (κ3) is 10.2. The Morgan fingerprint density at radius 2 is 1.44 bits per heavy atom. The number of carbonyl (C=O) groups is 2. The van der Waals surface area contributed by atoms with Crippen LogP contribution >= 0.6 is 0 Å². The third-order valence-electron chi connectivity index (χ3n) is 19.7. The highest BCUT2D eigenvalue weighted by Gasteiger charge is 2.79. The van der Waals surface area contributed by atoms with E-state index in [1.54, 1.807) is 0 Å². The normalized spacial score (nSPS) is 50.2. The van der Waals surface area contributed by atoms with Crippen molar-refractivity contribution in [3.05, 3.63) is 23.8 Å². The van der Waals surface area contributed by atoms with Gasteiger partial charge in [-0.15, -0.1) is 6.58 Å². The Bertz CT molecular complexity index is 2370. The Morgan fingerprint density at radius 3 is 2.10 bits per heavy atom. The number of cyclic esters (lactones) is 1. The van der Waals surface area contributed by atoms with Gasteiger partial charge in [-0.3, -0.25) is 14.1 Å². The van der Waals surface area contributed by atoms with Gasteiger partial charge < -0.3 is 88.2 Å². The van der Waals surface area contributed by atoms with Crippen LogP contribution in [-0.2, 0) is 71.5 Å². The first-order valence-electron chi connectivity index (χ1n) is 27.3. The molecule has 444 valence electrons. The number of fused-ring (bicyclic) bond motifs is 4. The van der Waals surface area contributed by atoms with Crippen LogP contribution in [0.25, 0.3) is 0 Å². The third-order valence-corrected chi connectivity index (χ3v) is 20.2. The summed E-state index contributed by atoms with van der Waals surface area (Å²) in [7, 11) is -3.94. The summed E-state index contributed by atoms with van der Waals surface area (Å²) in [6.45, 7) is 16.1. The van der Waals surface area contributed by atoms with Crippen LogP contribution in [-0.4, -0.2) is 215 Å². The van der Waals surface area contributed by atoms with Crippen molar-refractivity contribution < 1.29 is 115 Å². The van der Waals surface area contributed by atoms with Gasteiger partial charge in [0.15, 0.2) is 25.2 Å². The Kier molecular flexibility index (Phi) is 17.1. The van der Waals surface area contributed by atoms with E-state index in [9.17, 15) is 63.4 Å². The highest BCUT2D eigenvalue weighted by Crippen LogP contribution is 2.75. The molecule has 24 nitrogen and oxygen atoms in total. The van der Waals surface area contributed by atoms with E-state index in [1.807, 2.05) is 13.8 Å². The summed E-state index contributed by atoms with van der Waals surface area (Å²) in [5, 5.41) is 88.2. The molecule has 0 amide bonds. The molecule has 4 aliphatic carbocycles. The molecule has 0 aromatic rings. The van der Waals surface area contributed by atoms with E-state index in [0.717, 1.165) is 24.8 Å². The van der Waals surface area contributed by atoms with Crippen molar-refractivity contribution in [2.75, 3.05) is 26.9 Å². The maximum atomic E-state index is 14.4. The largest absolute Gasteiger partial charge is 0.458 e. The average Bonchev–Trinajstić information content (AvgIpc) is 3.04. The second-order valence-electron chi connectivity index (χ2n) is 24.8. The van der Waals surface area contributed by atoms with Crippen molar-refractivity contribution in [3.63, 3.8) is 0 Å². The number of allylic oxidation sites excluding steroid dienone is 3. The summed E-state index contributed by atoms with van der Waals surface area (Å²) < 4.78 is 97.7. The molecule has 8 fully saturated rings. The summed E-state index contributed by atoms with van der Waals surface area (Å²) in [5.41, 5.74) is -1.28. The predicted molar refractivity (Wildman–Crippen MR) is 265 cm³/mol. The second kappa shape index (κ2) is 22.1. The lowest BCUT2D eigenvalue weighted by Gasteiger charge is -2.63. The van der Waals surface area contributed by atoms with Gasteiger partial charge in [-0.1, -0.05) is 44.9 Å². The van der Waals surface area contributed by atoms with Gasteiger partial charge in [-0.2, -0.15) is 8.42 Å². The lowest BCUT2D eigenvalue weighted by Crippen LogP contribution is -2.65. The molecule has 78 heavy (non-hydrogen) atoms. The average molecular weight is 1140 g/mol. The van der Waals surface area contributed by atoms with E-state index >= 15 is 0 Å². The summed E-state index contributed by atoms with van der Waals surface area (Å²) >= 11 is 0. The van der Waals surface area contributed by atoms with Gasteiger partial charge in [0.2, 0.25) is 0 Å². The molecule has 3 saturated carbocycles. The van der Waals surface area contributed by atoms with Crippen molar-refractivity contribution in [1.29, 1.82) is 0 Å². The molecule has 25 heteroatoms. The topological polar surface area (TPSA) is 352 Å². The van der Waals surface area contributed by atoms with Crippen LogP contribution in [0.4, 0.5) is 0 Å². The summed E-state index contributed by atoms with van der Waals surface area (Å²) in [6.07, 6.45) is -22.0. The number of esters is 1. The fourth-order valence-electron chi connectivity index (χ4n) is 15.8. The minimum Gasteiger partial charge on any atom is -0.458 e. The molecule has 0 aromatic heterocycles. The fraction of sp³-hybridized carbons (Fsp3) is 0.887. The number of rotatable bonds is 16. The lowest BCUT2D eigenvalue weighted by molar-refractivity contribution is -0.382. The second-order valence-corrected chi connectivity index (χ2v) is 25.9. The molecule has 5 heterocycles. The van der Waals surface area contributed by atoms with Gasteiger partial charge in [-0.05, 0) is 100 Å². The van der Waals surface area contributed by atoms with Crippen LogP contribution < -0.4 is 0 Å². The van der Waals surface area contributed by atoms with E-state index < -0.39 is 175 Å². The molecule has 5 saturated heterocycles. The molecule has 9 aliphatic rings. The Morgan fingerprint density at radius 1 is 0.782 bits per heavy atom. The number of ether oxygens (including phenoxy) is 10. The molecular formula is C53H82O24S. The van der Waals surface area contributed by atoms with Crippen molar-refractivity contribution in [2.24, 2.45) is 39.4 Å². The van der Waals surface area contributed by atoms with Crippen LogP contribution in [0.15, 0.2) is 23.8 Å². The number of hydrogen-bond donors (Lipinski definition) is 9. The van der Waals surface area contributed by atoms with Crippen molar-refractivity contribution in [1.82, 2.24) is 0 Å². The monoisotopic (exact) mass is 1130 g/mol. The zero-order valence-corrected chi connectivity index (χ0v) is 46.3. The van der Waals surface area contributed by atoms with Crippen LogP contribution in [0, 0.1) is 39.4 Å². The molecule has 9 rings (SSSR count). The van der Waals surface area contributed by atoms with Gasteiger partial charge in [0, 0.05) is 13.5 Å². The quantitative estimate of drug-likeness (QED) is 0.0433. The molecule has 14 unspecified atom stereocenters. The van der Waals surface area contributed by atoms with Gasteiger partial charge >= 0.3 is 16.4 Å². The molecule has 5 aliphatic heterocycles. The Labute approximate surface area is 454 Å². The number of ketones is 1. The first-order chi connectivity index (χ1) is 36.5. The van der Waals surface area contributed by atoms with E-state index in [1.165, 1.54) is 19.6 Å². The SMILES string of the molecule is C=C(C)CCC[C@@]1(C)OC(=O)C23CC=C4C(CCC5C(C)(C)[C@@H](O[C@@H]6OC[C@@H](OS(=O)(=O)O)C(O)C6O[C@@H]6OC(C)[C@@H](O[C@@H]7OC[C@@H](O)C(O[C@@H]8OC(CO)[C@@H](O)C(OC)C8O)C7O)C(O)C6O)CC[C@]45C)[C@@]2(C)CC(=O)C31. The summed E-state index contributed by atoms with van der Waals surface area (Å²) in [4.78, 5) is 28.7. The molecule has 0 bridgehead atoms. The van der Waals surface area contributed by atoms with Crippen LogP contribution in [0.1, 0.15) is 106 Å². The summed E-state index contributed by atoms with van der Waals surface area (Å²) in [5.74, 6) is -0.823. The van der Waals surface area contributed by atoms with Crippen LogP contribution in [0.2, 0.25) is 0 Å². The first kappa shape index (κ1) is 60.4. The standard InChI is InChI=1S/C53H82O24S/c1-23(2)11-10-16-52(8)43-27(55)19-51(7)26-12-13-31-49(4,5)32(15-17-50(31,6)25(26)14-18-53(43,51)48(63)76-52)72-47-42(34(58)30(22-69-47)77-78(64,65)66)75-45-36(60)35(59)39(24(3)70-45)73-44-37(61)40(28(56)21-68-44)74-46-38(62)41(67-9)33(57)29(20-54)71-46/h14,24,26,28-47,54,56-62H,1,10-13,15-22H2,2-9H3,(H,64,65,66)/t24?,26?,28-,29?,30-,31?,32+,33-,34?,35?,36?,37?,38?,39-,40?,41?,42?,43?,44+,45+,46+,47+,50-,51-,52-,53?/m1/s1. The van der Waals surface area contributed by atoms with Crippen LogP contribution in [0.3, 0.4) is 0 Å². The maximum absolute atomic E-state index is 14.4. The minimum atomic E-state index is -5.15. The van der Waals surface area contributed by atoms with Gasteiger partial charge in [0.1, 0.15) is 90.7 Å². The number of aliphatic hydroxyl groups excluding tert-OH is 8. The Hall–Kier alpha value is -2.19. The number of carbonyl (C=O) groups excluding carboxylic acids is 2. The minimum absolute atomic E-state index is 0.000668. The number of Topliss-reactive ketones (excluding diaryl/α,β-unsaturated/α-hetero) is 1. The zero-order valence-electron chi connectivity index (χ0n) is 45.5. The number of methoxy groups -OCH3 is 1. The zero-order chi connectivity index (χ0) is 57.0. The highest BCUT2D eigenvalue weighted by molar-refractivity contribution is 7.80. The maximum Gasteiger partial charge on any atom is 0.397 e. The molecule has 1 spiro atoms. The molecular weight excluding hydrogens is 1050 g/mol. The van der Waals surface area contributed by atoms with E-state index in [4.69, 9.17) is 51.6 Å². The van der Waals surface area contributed by atoms with E-state index in [2.05, 4.69) is 40.3 Å². The Balaban J connectivity index is 0.892. The smallest absolute Gasteiger partial charge is 0.397 e. The van der Waals surface area contributed by atoms with E-state index in [-0.39, 0.29) is 35.4 Å². The van der Waals surface area contributed by atoms with Crippen molar-refractivity contribution >= 4 is 22.2 Å². The first-order valence-corrected chi connectivity index (χ1v) is 28.7. The number of aliphatic hydroxyl groups is 8. The molecule has 9 N–H and O–H groups in total. The fourth-order valence-corrected chi connectivity index (χ4v) is 16.3. The molecule has 26 atom stereocenters. The van der Waals surface area contributed by atoms with Crippen molar-refractivity contribution in [2.45, 2.75) is 229 Å². The molecule has 0 radical (unpaired) electrons. The predicted octanol–water partition coefficient (Wildman–Crippen LogP) is 0.257. The van der Waals surface area contributed by atoms with Gasteiger partial charge in [0.25, 0.3) is 0 Å². The van der Waals surface area contributed by atoms with Crippen LogP contribution in [0.5, 0.6) is 0 Å². The van der Waals surface area contributed by atoms with Gasteiger partial charge in [0.05, 0.1) is 43.4 Å². The summed E-state index contributed by atoms with van der Waals surface area (Å²) in [6, 6.07) is 0. The van der Waals surface area contributed by atoms with Gasteiger partial charge in [-0.25, -0.2) is 4.18 Å². The van der Waals surface area contributed by atoms with Crippen molar-refractivity contribution in [3.8, 4) is 0 Å². The highest BCUT2D eigenvalue weighted by atomic mass is 32.3.